The largest absolute Gasteiger partial charge is 0.497 e. The van der Waals surface area contributed by atoms with Crippen molar-refractivity contribution in [2.24, 2.45) is 0 Å². The second-order valence-corrected chi connectivity index (χ2v) is 4.76. The fraction of sp³-hybridized carbons (Fsp3) is 0.154. The summed E-state index contributed by atoms with van der Waals surface area (Å²) >= 11 is 1.52. The highest BCUT2D eigenvalue weighted by molar-refractivity contribution is 7.14. The Morgan fingerprint density at radius 2 is 1.81 bits per heavy atom. The number of carbonyl (C=O) groups excluding carboxylic acids is 1. The smallest absolute Gasteiger partial charge is 0.202 e. The van der Waals surface area contributed by atoms with Gasteiger partial charge in [-0.1, -0.05) is 0 Å². The number of thiophene rings is 1. The minimum absolute atomic E-state index is 0.0701. The normalized spacial score (nSPS) is 10.1. The van der Waals surface area contributed by atoms with Crippen LogP contribution in [0.1, 0.15) is 20.1 Å². The van der Waals surface area contributed by atoms with Gasteiger partial charge in [0.2, 0.25) is 5.78 Å². The number of carbonyl (C=O) groups is 1. The van der Waals surface area contributed by atoms with Crippen molar-refractivity contribution in [3.63, 3.8) is 0 Å². The Kier molecular flexibility index (Phi) is 3.06. The molecule has 1 aromatic carbocycles. The molecule has 2 rings (SSSR count). The van der Waals surface area contributed by atoms with Crippen LogP contribution >= 0.6 is 11.3 Å². The van der Waals surface area contributed by atoms with Gasteiger partial charge in [-0.3, -0.25) is 4.79 Å². The van der Waals surface area contributed by atoms with Crippen LogP contribution in [0.2, 0.25) is 0 Å². The van der Waals surface area contributed by atoms with Crippen molar-refractivity contribution in [1.29, 1.82) is 0 Å². The number of rotatable bonds is 3. The summed E-state index contributed by atoms with van der Waals surface area (Å²) in [4.78, 5) is 14.0. The molecule has 82 valence electrons. The first-order chi connectivity index (χ1) is 7.70. The quantitative estimate of drug-likeness (QED) is 0.759. The first-order valence-electron chi connectivity index (χ1n) is 4.96. The van der Waals surface area contributed by atoms with Gasteiger partial charge in [-0.05, 0) is 43.3 Å². The van der Waals surface area contributed by atoms with Crippen molar-refractivity contribution in [2.75, 3.05) is 7.11 Å². The summed E-state index contributed by atoms with van der Waals surface area (Å²) < 4.78 is 5.05. The standard InChI is InChI=1S/C13H12O2S/c1-9-3-8-12(16-9)13(14)10-4-6-11(15-2)7-5-10/h3-8H,1-2H3. The topological polar surface area (TPSA) is 26.3 Å². The van der Waals surface area contributed by atoms with Crippen molar-refractivity contribution in [3.05, 3.63) is 51.7 Å². The third-order valence-electron chi connectivity index (χ3n) is 2.32. The average molecular weight is 232 g/mol. The lowest BCUT2D eigenvalue weighted by molar-refractivity contribution is 0.104. The van der Waals surface area contributed by atoms with Crippen LogP contribution in [0, 0.1) is 6.92 Å². The van der Waals surface area contributed by atoms with E-state index in [2.05, 4.69) is 0 Å². The summed E-state index contributed by atoms with van der Waals surface area (Å²) in [6, 6.07) is 11.0. The summed E-state index contributed by atoms with van der Waals surface area (Å²) in [5.74, 6) is 0.833. The number of hydrogen-bond acceptors (Lipinski definition) is 3. The maximum Gasteiger partial charge on any atom is 0.202 e. The van der Waals surface area contributed by atoms with E-state index in [4.69, 9.17) is 4.74 Å². The van der Waals surface area contributed by atoms with Gasteiger partial charge in [-0.25, -0.2) is 0 Å². The van der Waals surface area contributed by atoms with Crippen LogP contribution in [0.4, 0.5) is 0 Å². The Bertz CT molecular complexity index is 497. The molecule has 0 aliphatic carbocycles. The second kappa shape index (κ2) is 4.49. The molecule has 0 aliphatic rings. The molecule has 0 fully saturated rings. The molecule has 0 radical (unpaired) electrons. The highest BCUT2D eigenvalue weighted by atomic mass is 32.1. The van der Waals surface area contributed by atoms with E-state index in [1.54, 1.807) is 31.4 Å². The molecule has 0 aliphatic heterocycles. The number of hydrogen-bond donors (Lipinski definition) is 0. The Hall–Kier alpha value is -1.61. The predicted molar refractivity (Wildman–Crippen MR) is 65.5 cm³/mol. The lowest BCUT2D eigenvalue weighted by Gasteiger charge is -2.01. The Balaban J connectivity index is 2.27. The molecule has 0 spiro atoms. The van der Waals surface area contributed by atoms with Gasteiger partial charge in [0.15, 0.2) is 0 Å². The van der Waals surface area contributed by atoms with Gasteiger partial charge in [-0.15, -0.1) is 11.3 Å². The zero-order chi connectivity index (χ0) is 11.5. The van der Waals surface area contributed by atoms with Gasteiger partial charge >= 0.3 is 0 Å². The van der Waals surface area contributed by atoms with E-state index in [1.807, 2.05) is 19.1 Å². The molecule has 2 nitrogen and oxygen atoms in total. The lowest BCUT2D eigenvalue weighted by Crippen LogP contribution is -1.97. The van der Waals surface area contributed by atoms with Crippen LogP contribution in [0.25, 0.3) is 0 Å². The zero-order valence-corrected chi connectivity index (χ0v) is 10.0. The van der Waals surface area contributed by atoms with Crippen LogP contribution < -0.4 is 4.74 Å². The van der Waals surface area contributed by atoms with Crippen LogP contribution in [0.15, 0.2) is 36.4 Å². The van der Waals surface area contributed by atoms with Gasteiger partial charge < -0.3 is 4.74 Å². The van der Waals surface area contributed by atoms with Crippen molar-refractivity contribution >= 4 is 17.1 Å². The number of ether oxygens (including phenoxy) is 1. The molecule has 0 bridgehead atoms. The van der Waals surface area contributed by atoms with Gasteiger partial charge in [0.25, 0.3) is 0 Å². The maximum absolute atomic E-state index is 12.0. The van der Waals surface area contributed by atoms with Crippen molar-refractivity contribution in [2.45, 2.75) is 6.92 Å². The first-order valence-corrected chi connectivity index (χ1v) is 5.77. The molecule has 0 N–H and O–H groups in total. The van der Waals surface area contributed by atoms with Gasteiger partial charge in [0.1, 0.15) is 5.75 Å². The summed E-state index contributed by atoms with van der Waals surface area (Å²) in [6.45, 7) is 2.00. The predicted octanol–water partition coefficient (Wildman–Crippen LogP) is 3.30. The van der Waals surface area contributed by atoms with E-state index in [0.29, 0.717) is 5.56 Å². The highest BCUT2D eigenvalue weighted by Crippen LogP contribution is 2.20. The Labute approximate surface area is 98.5 Å². The monoisotopic (exact) mass is 232 g/mol. The molecule has 0 amide bonds. The molecule has 0 unspecified atom stereocenters. The maximum atomic E-state index is 12.0. The lowest BCUT2D eigenvalue weighted by atomic mass is 10.1. The molecule has 0 saturated carbocycles. The third-order valence-corrected chi connectivity index (χ3v) is 3.32. The highest BCUT2D eigenvalue weighted by Gasteiger charge is 2.10. The van der Waals surface area contributed by atoms with Crippen LogP contribution in [0.5, 0.6) is 5.75 Å². The second-order valence-electron chi connectivity index (χ2n) is 3.47. The molecule has 2 aromatic rings. The van der Waals surface area contributed by atoms with E-state index in [-0.39, 0.29) is 5.78 Å². The van der Waals surface area contributed by atoms with Crippen molar-refractivity contribution in [3.8, 4) is 5.75 Å². The summed E-state index contributed by atoms with van der Waals surface area (Å²) in [5.41, 5.74) is 0.697. The number of aryl methyl sites for hydroxylation is 1. The number of ketones is 1. The SMILES string of the molecule is COc1ccc(C(=O)c2ccc(C)s2)cc1. The van der Waals surface area contributed by atoms with E-state index < -0.39 is 0 Å². The van der Waals surface area contributed by atoms with Gasteiger partial charge in [0, 0.05) is 10.4 Å². The molecule has 1 aromatic heterocycles. The van der Waals surface area contributed by atoms with E-state index in [9.17, 15) is 4.79 Å². The number of methoxy groups -OCH3 is 1. The summed E-state index contributed by atoms with van der Waals surface area (Å²) in [7, 11) is 1.61. The van der Waals surface area contributed by atoms with Gasteiger partial charge in [0.05, 0.1) is 12.0 Å². The van der Waals surface area contributed by atoms with Gasteiger partial charge in [-0.2, -0.15) is 0 Å². The summed E-state index contributed by atoms with van der Waals surface area (Å²) in [5, 5.41) is 0. The number of benzene rings is 1. The van der Waals surface area contributed by atoms with Crippen LogP contribution in [-0.2, 0) is 0 Å². The van der Waals surface area contributed by atoms with Crippen molar-refractivity contribution in [1.82, 2.24) is 0 Å². The van der Waals surface area contributed by atoms with Crippen molar-refractivity contribution < 1.29 is 9.53 Å². The Morgan fingerprint density at radius 1 is 1.12 bits per heavy atom. The summed E-state index contributed by atoms with van der Waals surface area (Å²) in [6.07, 6.45) is 0. The fourth-order valence-electron chi connectivity index (χ4n) is 1.44. The molecule has 1 heterocycles. The minimum atomic E-state index is 0.0701. The van der Waals surface area contributed by atoms with Crippen LogP contribution in [0.3, 0.4) is 0 Å². The van der Waals surface area contributed by atoms with E-state index in [0.717, 1.165) is 15.5 Å². The molecule has 0 saturated heterocycles. The first kappa shape index (κ1) is 10.9. The molecular weight excluding hydrogens is 220 g/mol. The molecular formula is C13H12O2S. The van der Waals surface area contributed by atoms with E-state index >= 15 is 0 Å². The molecule has 0 atom stereocenters. The minimum Gasteiger partial charge on any atom is -0.497 e. The van der Waals surface area contributed by atoms with Crippen LogP contribution in [-0.4, -0.2) is 12.9 Å². The Morgan fingerprint density at radius 3 is 2.31 bits per heavy atom. The third kappa shape index (κ3) is 2.14. The zero-order valence-electron chi connectivity index (χ0n) is 9.19. The van der Waals surface area contributed by atoms with E-state index in [1.165, 1.54) is 11.3 Å². The molecule has 3 heteroatoms. The fourth-order valence-corrected chi connectivity index (χ4v) is 2.27. The average Bonchev–Trinajstić information content (AvgIpc) is 2.75. The molecule has 16 heavy (non-hydrogen) atoms.